The van der Waals surface area contributed by atoms with E-state index >= 15 is 0 Å². The lowest BCUT2D eigenvalue weighted by atomic mass is 10.2. The molecule has 0 radical (unpaired) electrons. The summed E-state index contributed by atoms with van der Waals surface area (Å²) in [5, 5.41) is 13.8. The molecule has 0 heterocycles. The Morgan fingerprint density at radius 2 is 2.11 bits per heavy atom. The van der Waals surface area contributed by atoms with Gasteiger partial charge in [0.25, 0.3) is 0 Å². The van der Waals surface area contributed by atoms with Crippen molar-refractivity contribution in [3.8, 4) is 5.75 Å². The molecule has 0 aliphatic carbocycles. The molecule has 6 nitrogen and oxygen atoms in total. The molecule has 0 aliphatic rings. The zero-order valence-corrected chi connectivity index (χ0v) is 10.0. The highest BCUT2D eigenvalue weighted by molar-refractivity contribution is 9.10. The minimum absolute atomic E-state index is 0.158. The second kappa shape index (κ2) is 5.21. The van der Waals surface area contributed by atoms with Crippen LogP contribution >= 0.6 is 15.9 Å². The average molecular weight is 328 g/mol. The molecule has 0 bridgehead atoms. The molecule has 1 aromatic carbocycles. The zero-order chi connectivity index (χ0) is 13.9. The fourth-order valence-electron chi connectivity index (χ4n) is 1.11. The SMILES string of the molecule is NN=Cc1cc(Br)c(OC(F)(F)F)c([N+](=O)[O-])c1. The first-order valence-corrected chi connectivity index (χ1v) is 5.01. The van der Waals surface area contributed by atoms with Gasteiger partial charge in [0, 0.05) is 11.6 Å². The number of nitrogens with zero attached hydrogens (tertiary/aromatic N) is 2. The van der Waals surface area contributed by atoms with Crippen molar-refractivity contribution in [1.82, 2.24) is 0 Å². The van der Waals surface area contributed by atoms with Gasteiger partial charge in [-0.3, -0.25) is 10.1 Å². The van der Waals surface area contributed by atoms with Gasteiger partial charge in [0.05, 0.1) is 15.6 Å². The lowest BCUT2D eigenvalue weighted by Gasteiger charge is -2.11. The van der Waals surface area contributed by atoms with Crippen LogP contribution < -0.4 is 10.6 Å². The number of alkyl halides is 3. The minimum Gasteiger partial charge on any atom is -0.397 e. The summed E-state index contributed by atoms with van der Waals surface area (Å²) in [6.07, 6.45) is -3.98. The summed E-state index contributed by atoms with van der Waals surface area (Å²) in [4.78, 5) is 9.68. The van der Waals surface area contributed by atoms with Crippen LogP contribution in [0.2, 0.25) is 0 Å². The van der Waals surface area contributed by atoms with Crippen LogP contribution in [0.3, 0.4) is 0 Å². The number of rotatable bonds is 3. The van der Waals surface area contributed by atoms with E-state index in [1.54, 1.807) is 0 Å². The number of benzene rings is 1. The molecule has 18 heavy (non-hydrogen) atoms. The van der Waals surface area contributed by atoms with E-state index in [-0.39, 0.29) is 10.0 Å². The van der Waals surface area contributed by atoms with E-state index in [0.29, 0.717) is 0 Å². The van der Waals surface area contributed by atoms with E-state index in [0.717, 1.165) is 18.3 Å². The van der Waals surface area contributed by atoms with Gasteiger partial charge < -0.3 is 10.6 Å². The van der Waals surface area contributed by atoms with Gasteiger partial charge in [-0.15, -0.1) is 13.2 Å². The fraction of sp³-hybridized carbons (Fsp3) is 0.125. The van der Waals surface area contributed by atoms with E-state index in [1.807, 2.05) is 0 Å². The summed E-state index contributed by atoms with van der Waals surface area (Å²) in [6.45, 7) is 0. The smallest absolute Gasteiger partial charge is 0.397 e. The largest absolute Gasteiger partial charge is 0.573 e. The number of hydrogen-bond acceptors (Lipinski definition) is 5. The summed E-state index contributed by atoms with van der Waals surface area (Å²) in [6, 6.07) is 2.02. The molecule has 0 atom stereocenters. The molecule has 0 spiro atoms. The predicted octanol–water partition coefficient (Wildman–Crippen LogP) is 2.55. The van der Waals surface area contributed by atoms with Gasteiger partial charge in [-0.05, 0) is 22.0 Å². The molecule has 0 amide bonds. The molecule has 0 aliphatic heterocycles. The highest BCUT2D eigenvalue weighted by atomic mass is 79.9. The molecule has 98 valence electrons. The number of nitro groups is 1. The maximum Gasteiger partial charge on any atom is 0.573 e. The van der Waals surface area contributed by atoms with E-state index in [9.17, 15) is 23.3 Å². The summed E-state index contributed by atoms with van der Waals surface area (Å²) < 4.78 is 39.7. The van der Waals surface area contributed by atoms with Gasteiger partial charge in [-0.25, -0.2) is 0 Å². The van der Waals surface area contributed by atoms with E-state index in [1.165, 1.54) is 0 Å². The molecule has 10 heteroatoms. The molecular formula is C8H5BrF3N3O3. The number of nitrogens with two attached hydrogens (primary N) is 1. The fourth-order valence-corrected chi connectivity index (χ4v) is 1.66. The van der Waals surface area contributed by atoms with Gasteiger partial charge in [0.1, 0.15) is 0 Å². The van der Waals surface area contributed by atoms with Crippen molar-refractivity contribution in [2.45, 2.75) is 6.36 Å². The van der Waals surface area contributed by atoms with E-state index < -0.39 is 22.7 Å². The van der Waals surface area contributed by atoms with E-state index in [4.69, 9.17) is 5.84 Å². The van der Waals surface area contributed by atoms with Crippen molar-refractivity contribution in [2.24, 2.45) is 10.9 Å². The average Bonchev–Trinajstić information content (AvgIpc) is 2.20. The number of ether oxygens (including phenoxy) is 1. The highest BCUT2D eigenvalue weighted by Crippen LogP contribution is 2.39. The van der Waals surface area contributed by atoms with Crippen LogP contribution in [-0.2, 0) is 0 Å². The predicted molar refractivity (Wildman–Crippen MR) is 59.3 cm³/mol. The zero-order valence-electron chi connectivity index (χ0n) is 8.44. The molecule has 0 fully saturated rings. The monoisotopic (exact) mass is 327 g/mol. The first kappa shape index (κ1) is 14.2. The Hall–Kier alpha value is -1.84. The Morgan fingerprint density at radius 1 is 1.50 bits per heavy atom. The quantitative estimate of drug-likeness (QED) is 0.399. The molecule has 1 aromatic rings. The summed E-state index contributed by atoms with van der Waals surface area (Å²) in [5.41, 5.74) is -0.692. The van der Waals surface area contributed by atoms with Gasteiger partial charge in [0.15, 0.2) is 0 Å². The third kappa shape index (κ3) is 3.58. The molecule has 2 N–H and O–H groups in total. The lowest BCUT2D eigenvalue weighted by Crippen LogP contribution is -2.18. The maximum absolute atomic E-state index is 12.1. The second-order valence-electron chi connectivity index (χ2n) is 2.93. The number of halogens is 4. The summed E-state index contributed by atoms with van der Waals surface area (Å²) in [7, 11) is 0. The second-order valence-corrected chi connectivity index (χ2v) is 3.79. The Bertz CT molecular complexity index is 504. The minimum atomic E-state index is -5.03. The highest BCUT2D eigenvalue weighted by Gasteiger charge is 2.35. The molecular weight excluding hydrogens is 323 g/mol. The van der Waals surface area contributed by atoms with Gasteiger partial charge in [-0.1, -0.05) is 0 Å². The van der Waals surface area contributed by atoms with Crippen LogP contribution in [0.25, 0.3) is 0 Å². The van der Waals surface area contributed by atoms with Gasteiger partial charge >= 0.3 is 12.0 Å². The Balaban J connectivity index is 3.36. The van der Waals surface area contributed by atoms with Crippen molar-refractivity contribution in [3.05, 3.63) is 32.3 Å². The van der Waals surface area contributed by atoms with Crippen LogP contribution in [0, 0.1) is 10.1 Å². The maximum atomic E-state index is 12.1. The van der Waals surface area contributed by atoms with Crippen molar-refractivity contribution < 1.29 is 22.8 Å². The lowest BCUT2D eigenvalue weighted by molar-refractivity contribution is -0.388. The normalized spacial score (nSPS) is 11.8. The molecule has 0 unspecified atom stereocenters. The molecule has 1 rings (SSSR count). The molecule has 0 saturated carbocycles. The van der Waals surface area contributed by atoms with Gasteiger partial charge in [-0.2, -0.15) is 5.10 Å². The molecule has 0 aromatic heterocycles. The van der Waals surface area contributed by atoms with Crippen LogP contribution in [0.4, 0.5) is 18.9 Å². The van der Waals surface area contributed by atoms with Crippen molar-refractivity contribution in [2.75, 3.05) is 0 Å². The Morgan fingerprint density at radius 3 is 2.56 bits per heavy atom. The number of hydrazone groups is 1. The van der Waals surface area contributed by atoms with Crippen molar-refractivity contribution in [1.29, 1.82) is 0 Å². The van der Waals surface area contributed by atoms with Crippen LogP contribution in [0.15, 0.2) is 21.7 Å². The molecule has 0 saturated heterocycles. The van der Waals surface area contributed by atoms with E-state index in [2.05, 4.69) is 25.8 Å². The number of hydrogen-bond donors (Lipinski definition) is 1. The van der Waals surface area contributed by atoms with Gasteiger partial charge in [0.2, 0.25) is 5.75 Å². The standard InChI is InChI=1S/C8H5BrF3N3O3/c9-5-1-4(3-14-13)2-6(15(16)17)7(5)18-8(10,11)12/h1-3H,13H2. The topological polar surface area (TPSA) is 90.8 Å². The number of nitro benzene ring substituents is 1. The van der Waals surface area contributed by atoms with Crippen molar-refractivity contribution in [3.63, 3.8) is 0 Å². The van der Waals surface area contributed by atoms with Crippen LogP contribution in [0.5, 0.6) is 5.75 Å². The third-order valence-electron chi connectivity index (χ3n) is 1.68. The van der Waals surface area contributed by atoms with Crippen LogP contribution in [-0.4, -0.2) is 17.5 Å². The van der Waals surface area contributed by atoms with Crippen LogP contribution in [0.1, 0.15) is 5.56 Å². The first-order chi connectivity index (χ1) is 8.24. The summed E-state index contributed by atoms with van der Waals surface area (Å²) >= 11 is 2.76. The Kier molecular flexibility index (Phi) is 4.11. The first-order valence-electron chi connectivity index (χ1n) is 4.21. The summed E-state index contributed by atoms with van der Waals surface area (Å²) in [5.74, 6) is 3.92. The third-order valence-corrected chi connectivity index (χ3v) is 2.27. The van der Waals surface area contributed by atoms with Crippen molar-refractivity contribution >= 4 is 27.8 Å². The Labute approximate surface area is 106 Å².